The van der Waals surface area contributed by atoms with Crippen molar-refractivity contribution in [3.63, 3.8) is 0 Å². The lowest BCUT2D eigenvalue weighted by molar-refractivity contribution is 0.282. The van der Waals surface area contributed by atoms with Crippen LogP contribution >= 0.6 is 0 Å². The molecule has 0 bridgehead atoms. The number of hydrogen-bond acceptors (Lipinski definition) is 2. The molecule has 112 valence electrons. The molecule has 1 saturated heterocycles. The smallest absolute Gasteiger partial charge is 0.0205 e. The summed E-state index contributed by atoms with van der Waals surface area (Å²) >= 11 is 0. The number of fused-ring (bicyclic) bond motifs is 1. The van der Waals surface area contributed by atoms with E-state index >= 15 is 0 Å². The van der Waals surface area contributed by atoms with E-state index in [-0.39, 0.29) is 0 Å². The molecule has 2 nitrogen and oxygen atoms in total. The highest BCUT2D eigenvalue weighted by Gasteiger charge is 2.14. The zero-order valence-corrected chi connectivity index (χ0v) is 13.0. The first-order valence-electron chi connectivity index (χ1n) is 8.22. The van der Waals surface area contributed by atoms with Crippen molar-refractivity contribution in [3.8, 4) is 0 Å². The van der Waals surface area contributed by atoms with E-state index in [0.29, 0.717) is 0 Å². The molecule has 1 aliphatic rings. The molecule has 1 atom stereocenters. The van der Waals surface area contributed by atoms with Gasteiger partial charge in [0.1, 0.15) is 0 Å². The van der Waals surface area contributed by atoms with Gasteiger partial charge in [0.15, 0.2) is 0 Å². The summed E-state index contributed by atoms with van der Waals surface area (Å²) < 4.78 is 0. The third-order valence-electron chi connectivity index (χ3n) is 4.40. The largest absolute Gasteiger partial charge is 0.312 e. The van der Waals surface area contributed by atoms with Gasteiger partial charge in [-0.05, 0) is 60.8 Å². The number of benzene rings is 2. The van der Waals surface area contributed by atoms with E-state index in [4.69, 9.17) is 0 Å². The first-order valence-corrected chi connectivity index (χ1v) is 8.22. The van der Waals surface area contributed by atoms with Crippen molar-refractivity contribution in [2.45, 2.75) is 26.3 Å². The maximum Gasteiger partial charge on any atom is 0.0205 e. The fourth-order valence-corrected chi connectivity index (χ4v) is 3.28. The molecule has 2 aromatic rings. The minimum atomic E-state index is 0.726. The molecular formula is C19H26N2. The second-order valence-corrected chi connectivity index (χ2v) is 6.43. The van der Waals surface area contributed by atoms with Crippen molar-refractivity contribution in [2.24, 2.45) is 5.92 Å². The Morgan fingerprint density at radius 2 is 1.81 bits per heavy atom. The monoisotopic (exact) mass is 282 g/mol. The molecule has 0 amide bonds. The Labute approximate surface area is 128 Å². The lowest BCUT2D eigenvalue weighted by Crippen LogP contribution is -2.31. The molecule has 1 unspecified atom stereocenters. The summed E-state index contributed by atoms with van der Waals surface area (Å²) in [5.41, 5.74) is 1.38. The summed E-state index contributed by atoms with van der Waals surface area (Å²) in [5.74, 6) is 0.726. The number of nitrogens with zero attached hydrogens (tertiary/aromatic N) is 1. The molecule has 0 radical (unpaired) electrons. The van der Waals surface area contributed by atoms with E-state index < -0.39 is 0 Å². The van der Waals surface area contributed by atoms with Crippen LogP contribution in [0.15, 0.2) is 42.5 Å². The van der Waals surface area contributed by atoms with Crippen molar-refractivity contribution in [2.75, 3.05) is 26.2 Å². The zero-order chi connectivity index (χ0) is 14.5. The van der Waals surface area contributed by atoms with Crippen LogP contribution < -0.4 is 5.32 Å². The third-order valence-corrected chi connectivity index (χ3v) is 4.40. The summed E-state index contributed by atoms with van der Waals surface area (Å²) in [4.78, 5) is 2.60. The van der Waals surface area contributed by atoms with Crippen LogP contribution in [0.4, 0.5) is 0 Å². The van der Waals surface area contributed by atoms with E-state index in [1.165, 1.54) is 48.8 Å². The highest BCUT2D eigenvalue weighted by Crippen LogP contribution is 2.15. The Balaban J connectivity index is 1.47. The zero-order valence-electron chi connectivity index (χ0n) is 13.0. The van der Waals surface area contributed by atoms with Gasteiger partial charge in [-0.1, -0.05) is 43.3 Å². The third kappa shape index (κ3) is 4.05. The highest BCUT2D eigenvalue weighted by atomic mass is 15.1. The molecule has 1 heterocycles. The van der Waals surface area contributed by atoms with E-state index in [2.05, 4.69) is 59.6 Å². The summed E-state index contributed by atoms with van der Waals surface area (Å²) in [6.45, 7) is 8.26. The van der Waals surface area contributed by atoms with Crippen LogP contribution in [0.1, 0.15) is 25.3 Å². The lowest BCUT2D eigenvalue weighted by atomic mass is 10.1. The summed E-state index contributed by atoms with van der Waals surface area (Å²) in [6, 6.07) is 15.3. The fraction of sp³-hybridized carbons (Fsp3) is 0.474. The highest BCUT2D eigenvalue weighted by molar-refractivity contribution is 5.82. The van der Waals surface area contributed by atoms with Crippen molar-refractivity contribution in [3.05, 3.63) is 48.0 Å². The normalized spacial score (nSPS) is 17.4. The Morgan fingerprint density at radius 3 is 2.62 bits per heavy atom. The van der Waals surface area contributed by atoms with Gasteiger partial charge in [-0.15, -0.1) is 0 Å². The average Bonchev–Trinajstić information content (AvgIpc) is 3.00. The van der Waals surface area contributed by atoms with E-state index in [1.807, 2.05) is 0 Å². The maximum absolute atomic E-state index is 3.61. The molecule has 1 aliphatic heterocycles. The molecule has 0 saturated carbocycles. The van der Waals surface area contributed by atoms with Crippen molar-refractivity contribution >= 4 is 10.8 Å². The van der Waals surface area contributed by atoms with Crippen LogP contribution in [0.2, 0.25) is 0 Å². The Morgan fingerprint density at radius 1 is 1.05 bits per heavy atom. The maximum atomic E-state index is 3.61. The van der Waals surface area contributed by atoms with E-state index in [1.54, 1.807) is 0 Å². The average molecular weight is 282 g/mol. The minimum absolute atomic E-state index is 0.726. The van der Waals surface area contributed by atoms with E-state index in [0.717, 1.165) is 19.0 Å². The summed E-state index contributed by atoms with van der Waals surface area (Å²) in [5, 5.41) is 6.27. The minimum Gasteiger partial charge on any atom is -0.312 e. The molecule has 1 fully saturated rings. The van der Waals surface area contributed by atoms with Gasteiger partial charge in [0, 0.05) is 13.1 Å². The Bertz CT molecular complexity index is 573. The molecule has 21 heavy (non-hydrogen) atoms. The van der Waals surface area contributed by atoms with Crippen LogP contribution in [-0.4, -0.2) is 31.1 Å². The van der Waals surface area contributed by atoms with Crippen LogP contribution in [0, 0.1) is 5.92 Å². The van der Waals surface area contributed by atoms with Crippen LogP contribution in [-0.2, 0) is 6.54 Å². The molecule has 2 aromatic carbocycles. The van der Waals surface area contributed by atoms with Crippen molar-refractivity contribution < 1.29 is 0 Å². The summed E-state index contributed by atoms with van der Waals surface area (Å²) in [6.07, 6.45) is 2.77. The van der Waals surface area contributed by atoms with Gasteiger partial charge in [0.25, 0.3) is 0 Å². The number of rotatable bonds is 6. The molecule has 0 aromatic heterocycles. The van der Waals surface area contributed by atoms with Gasteiger partial charge in [0.2, 0.25) is 0 Å². The number of nitrogens with one attached hydrogen (secondary N) is 1. The molecular weight excluding hydrogens is 256 g/mol. The van der Waals surface area contributed by atoms with Crippen molar-refractivity contribution in [1.82, 2.24) is 10.2 Å². The van der Waals surface area contributed by atoms with Crippen LogP contribution in [0.3, 0.4) is 0 Å². The standard InChI is InChI=1S/C19H26N2/c1-16(15-21-10-4-5-11-21)13-20-14-17-8-9-18-6-2-3-7-19(18)12-17/h2-3,6-9,12,16,20H,4-5,10-11,13-15H2,1H3. The SMILES string of the molecule is CC(CNCc1ccc2ccccc2c1)CN1CCCC1. The Hall–Kier alpha value is -1.38. The quantitative estimate of drug-likeness (QED) is 0.870. The second kappa shape index (κ2) is 7.06. The topological polar surface area (TPSA) is 15.3 Å². The van der Waals surface area contributed by atoms with Gasteiger partial charge >= 0.3 is 0 Å². The first-order chi connectivity index (χ1) is 10.3. The van der Waals surface area contributed by atoms with Gasteiger partial charge in [-0.3, -0.25) is 0 Å². The first kappa shape index (κ1) is 14.6. The fourth-order valence-electron chi connectivity index (χ4n) is 3.28. The van der Waals surface area contributed by atoms with Gasteiger partial charge in [0.05, 0.1) is 0 Å². The Kier molecular flexibility index (Phi) is 4.89. The second-order valence-electron chi connectivity index (χ2n) is 6.43. The molecule has 0 spiro atoms. The number of hydrogen-bond donors (Lipinski definition) is 1. The van der Waals surface area contributed by atoms with Crippen LogP contribution in [0.5, 0.6) is 0 Å². The van der Waals surface area contributed by atoms with Gasteiger partial charge in [-0.2, -0.15) is 0 Å². The molecule has 0 aliphatic carbocycles. The molecule has 3 rings (SSSR count). The summed E-state index contributed by atoms with van der Waals surface area (Å²) in [7, 11) is 0. The van der Waals surface area contributed by atoms with Gasteiger partial charge in [-0.25, -0.2) is 0 Å². The van der Waals surface area contributed by atoms with Crippen molar-refractivity contribution in [1.29, 1.82) is 0 Å². The van der Waals surface area contributed by atoms with E-state index in [9.17, 15) is 0 Å². The predicted octanol–water partition coefficient (Wildman–Crippen LogP) is 3.66. The lowest BCUT2D eigenvalue weighted by Gasteiger charge is -2.20. The predicted molar refractivity (Wildman–Crippen MR) is 90.5 cm³/mol. The van der Waals surface area contributed by atoms with Crippen LogP contribution in [0.25, 0.3) is 10.8 Å². The number of likely N-dealkylation sites (tertiary alicyclic amines) is 1. The van der Waals surface area contributed by atoms with Gasteiger partial charge < -0.3 is 10.2 Å². The molecule has 2 heteroatoms. The molecule has 1 N–H and O–H groups in total.